The Kier molecular flexibility index (Phi) is 12.8. The molecule has 0 aromatic heterocycles. The van der Waals surface area contributed by atoms with Gasteiger partial charge in [-0.1, -0.05) is 68.4 Å². The number of carbonyl (C=O) groups excluding carboxylic acids is 2. The SMILES string of the molecule is CSCC[C@H](N)C(=O)N(C(=O)[C@H](CC(C)C)N[C@@H](c1ccc(-c2ccc(S(C)(=O)=O)cc2)cc1)C(F)(F)F)S(=O)(=O)c1ccccc1. The van der Waals surface area contributed by atoms with Crippen molar-refractivity contribution in [3.63, 3.8) is 0 Å². The van der Waals surface area contributed by atoms with Crippen molar-refractivity contribution in [1.29, 1.82) is 0 Å². The van der Waals surface area contributed by atoms with Crippen molar-refractivity contribution in [2.75, 3.05) is 18.3 Å². The molecular formula is C32H38F3N3O6S3. The highest BCUT2D eigenvalue weighted by molar-refractivity contribution is 7.98. The maximum absolute atomic E-state index is 14.6. The van der Waals surface area contributed by atoms with Crippen molar-refractivity contribution in [3.8, 4) is 11.1 Å². The van der Waals surface area contributed by atoms with E-state index < -0.39 is 60.9 Å². The number of hydrogen-bond donors (Lipinski definition) is 2. The first-order chi connectivity index (χ1) is 21.9. The van der Waals surface area contributed by atoms with Gasteiger partial charge >= 0.3 is 6.18 Å². The molecule has 3 rings (SSSR count). The van der Waals surface area contributed by atoms with Crippen molar-refractivity contribution >= 4 is 43.4 Å². The summed E-state index contributed by atoms with van der Waals surface area (Å²) in [6.45, 7) is 3.30. The summed E-state index contributed by atoms with van der Waals surface area (Å²) in [5.41, 5.74) is 6.82. The fourth-order valence-corrected chi connectivity index (χ4v) is 7.33. The van der Waals surface area contributed by atoms with Gasteiger partial charge in [0.15, 0.2) is 9.84 Å². The van der Waals surface area contributed by atoms with Crippen LogP contribution in [0.2, 0.25) is 0 Å². The van der Waals surface area contributed by atoms with Crippen LogP contribution in [0, 0.1) is 5.92 Å². The zero-order chi connectivity index (χ0) is 35.2. The van der Waals surface area contributed by atoms with Crippen molar-refractivity contribution in [2.24, 2.45) is 11.7 Å². The Morgan fingerprint density at radius 1 is 0.851 bits per heavy atom. The summed E-state index contributed by atoms with van der Waals surface area (Å²) in [4.78, 5) is 27.2. The molecule has 0 aliphatic heterocycles. The largest absolute Gasteiger partial charge is 0.407 e. The van der Waals surface area contributed by atoms with Gasteiger partial charge in [0.05, 0.1) is 21.9 Å². The highest BCUT2D eigenvalue weighted by atomic mass is 32.2. The van der Waals surface area contributed by atoms with Gasteiger partial charge in [0.25, 0.3) is 21.8 Å². The summed E-state index contributed by atoms with van der Waals surface area (Å²) >= 11 is 1.35. The zero-order valence-electron chi connectivity index (χ0n) is 26.3. The normalized spacial score (nSPS) is 14.4. The third-order valence-electron chi connectivity index (χ3n) is 7.19. The van der Waals surface area contributed by atoms with Gasteiger partial charge in [-0.15, -0.1) is 0 Å². The van der Waals surface area contributed by atoms with Crippen LogP contribution in [-0.4, -0.2) is 69.5 Å². The monoisotopic (exact) mass is 713 g/mol. The molecule has 3 N–H and O–H groups in total. The molecule has 2 amide bonds. The van der Waals surface area contributed by atoms with E-state index in [2.05, 4.69) is 5.32 Å². The Hall–Kier alpha value is -3.24. The van der Waals surface area contributed by atoms with Crippen molar-refractivity contribution in [3.05, 3.63) is 84.4 Å². The lowest BCUT2D eigenvalue weighted by Gasteiger charge is -2.32. The number of imide groups is 1. The summed E-state index contributed by atoms with van der Waals surface area (Å²) < 4.78 is 94.9. The Labute approximate surface area is 278 Å². The lowest BCUT2D eigenvalue weighted by Crippen LogP contribution is -2.57. The molecule has 256 valence electrons. The number of carbonyl (C=O) groups is 2. The number of amides is 2. The maximum Gasteiger partial charge on any atom is 0.407 e. The molecule has 0 heterocycles. The molecule has 0 aliphatic carbocycles. The number of thioether (sulfide) groups is 1. The number of alkyl halides is 3. The average molecular weight is 714 g/mol. The second-order valence-electron chi connectivity index (χ2n) is 11.4. The molecule has 0 saturated carbocycles. The molecule has 0 bridgehead atoms. The third-order valence-corrected chi connectivity index (χ3v) is 10.7. The first kappa shape index (κ1) is 38.2. The second-order valence-corrected chi connectivity index (χ2v) is 16.2. The third kappa shape index (κ3) is 9.89. The van der Waals surface area contributed by atoms with Crippen molar-refractivity contribution in [1.82, 2.24) is 9.62 Å². The predicted octanol–water partition coefficient (Wildman–Crippen LogP) is 5.19. The molecule has 3 aromatic carbocycles. The Morgan fingerprint density at radius 3 is 1.85 bits per heavy atom. The van der Waals surface area contributed by atoms with E-state index in [0.717, 1.165) is 6.26 Å². The maximum atomic E-state index is 14.6. The molecule has 9 nitrogen and oxygen atoms in total. The molecule has 0 saturated heterocycles. The van der Waals surface area contributed by atoms with Gasteiger partial charge in [-0.2, -0.15) is 29.2 Å². The number of sulfonamides is 1. The Bertz CT molecular complexity index is 1730. The van der Waals surface area contributed by atoms with Gasteiger partial charge in [0.1, 0.15) is 6.04 Å². The van der Waals surface area contributed by atoms with Gasteiger partial charge in [0, 0.05) is 6.26 Å². The number of rotatable bonds is 14. The van der Waals surface area contributed by atoms with Crippen LogP contribution in [0.4, 0.5) is 13.2 Å². The number of nitrogens with two attached hydrogens (primary N) is 1. The fourth-order valence-electron chi connectivity index (χ4n) is 4.76. The summed E-state index contributed by atoms with van der Waals surface area (Å²) in [5, 5.41) is 2.32. The van der Waals surface area contributed by atoms with E-state index in [1.54, 1.807) is 20.1 Å². The molecule has 15 heteroatoms. The molecule has 0 unspecified atom stereocenters. The lowest BCUT2D eigenvalue weighted by atomic mass is 9.97. The Morgan fingerprint density at radius 2 is 1.38 bits per heavy atom. The first-order valence-electron chi connectivity index (χ1n) is 14.5. The minimum atomic E-state index is -4.93. The molecule has 0 fully saturated rings. The lowest BCUT2D eigenvalue weighted by molar-refractivity contribution is -0.162. The number of hydrogen-bond acceptors (Lipinski definition) is 9. The first-order valence-corrected chi connectivity index (χ1v) is 19.3. The molecule has 3 atom stereocenters. The van der Waals surface area contributed by atoms with E-state index >= 15 is 0 Å². The van der Waals surface area contributed by atoms with Crippen LogP contribution < -0.4 is 11.1 Å². The van der Waals surface area contributed by atoms with E-state index in [1.807, 2.05) is 0 Å². The van der Waals surface area contributed by atoms with E-state index in [-0.39, 0.29) is 33.5 Å². The minimum Gasteiger partial charge on any atom is -0.320 e. The van der Waals surface area contributed by atoms with E-state index in [9.17, 15) is 39.6 Å². The van der Waals surface area contributed by atoms with Crippen LogP contribution in [0.15, 0.2) is 88.7 Å². The number of sulfone groups is 1. The standard InChI is InChI=1S/C32H38F3N3O6S3/c1-21(2)20-28(31(40)38(30(39)27(36)18-19-45-3)47(43,44)26-8-6-5-7-9-26)37-29(32(33,34)35)24-12-10-22(11-13-24)23-14-16-25(17-15-23)46(4,41)42/h5-17,21,27-29,37H,18-20,36H2,1-4H3/t27-,28-,29-/m0/s1. The summed E-state index contributed by atoms with van der Waals surface area (Å²) in [5.74, 6) is -2.62. The van der Waals surface area contributed by atoms with Gasteiger partial charge in [-0.25, -0.2) is 16.8 Å². The van der Waals surface area contributed by atoms with E-state index in [4.69, 9.17) is 5.73 Å². The molecule has 3 aromatic rings. The zero-order valence-corrected chi connectivity index (χ0v) is 28.7. The van der Waals surface area contributed by atoms with Crippen LogP contribution in [0.5, 0.6) is 0 Å². The summed E-state index contributed by atoms with van der Waals surface area (Å²) in [6, 6.07) is 12.2. The van der Waals surface area contributed by atoms with Crippen LogP contribution >= 0.6 is 11.8 Å². The molecule has 0 spiro atoms. The highest BCUT2D eigenvalue weighted by Gasteiger charge is 2.46. The van der Waals surface area contributed by atoms with Crippen LogP contribution in [0.1, 0.15) is 38.3 Å². The predicted molar refractivity (Wildman–Crippen MR) is 177 cm³/mol. The van der Waals surface area contributed by atoms with Crippen LogP contribution in [-0.2, 0) is 29.4 Å². The quantitative estimate of drug-likeness (QED) is 0.231. The summed E-state index contributed by atoms with van der Waals surface area (Å²) in [7, 11) is -8.29. The van der Waals surface area contributed by atoms with E-state index in [0.29, 0.717) is 16.9 Å². The minimum absolute atomic E-state index is 0.0179. The second kappa shape index (κ2) is 15.8. The fraction of sp³-hybridized carbons (Fsp3) is 0.375. The van der Waals surface area contributed by atoms with Crippen molar-refractivity contribution in [2.45, 2.75) is 60.8 Å². The molecule has 0 radical (unpaired) electrons. The number of nitrogens with one attached hydrogen (secondary N) is 1. The van der Waals surface area contributed by atoms with Gasteiger partial charge in [0.2, 0.25) is 0 Å². The number of nitrogens with zero attached hydrogens (tertiary/aromatic N) is 1. The van der Waals surface area contributed by atoms with E-state index in [1.165, 1.54) is 90.6 Å². The summed E-state index contributed by atoms with van der Waals surface area (Å²) in [6.07, 6.45) is -2.32. The smallest absolute Gasteiger partial charge is 0.320 e. The highest BCUT2D eigenvalue weighted by Crippen LogP contribution is 2.35. The number of benzene rings is 3. The van der Waals surface area contributed by atoms with Crippen LogP contribution in [0.3, 0.4) is 0 Å². The van der Waals surface area contributed by atoms with Crippen molar-refractivity contribution < 1.29 is 39.6 Å². The molecule has 0 aliphatic rings. The average Bonchev–Trinajstić information content (AvgIpc) is 3.01. The number of halogens is 3. The topological polar surface area (TPSA) is 144 Å². The Balaban J connectivity index is 2.04. The van der Waals surface area contributed by atoms with Gasteiger partial charge < -0.3 is 5.73 Å². The van der Waals surface area contributed by atoms with Crippen LogP contribution in [0.25, 0.3) is 11.1 Å². The van der Waals surface area contributed by atoms with Gasteiger partial charge in [-0.3, -0.25) is 14.9 Å². The molecule has 47 heavy (non-hydrogen) atoms. The molecular weight excluding hydrogens is 676 g/mol. The van der Waals surface area contributed by atoms with Gasteiger partial charge in [-0.05, 0) is 71.7 Å².